The lowest BCUT2D eigenvalue weighted by molar-refractivity contribution is -0.137. The van der Waals surface area contributed by atoms with E-state index in [0.29, 0.717) is 13.1 Å². The summed E-state index contributed by atoms with van der Waals surface area (Å²) in [4.78, 5) is 28.3. The number of anilines is 2. The van der Waals surface area contributed by atoms with Gasteiger partial charge in [-0.1, -0.05) is 41.5 Å². The summed E-state index contributed by atoms with van der Waals surface area (Å²) in [7, 11) is 0. The predicted molar refractivity (Wildman–Crippen MR) is 127 cm³/mol. The van der Waals surface area contributed by atoms with Crippen molar-refractivity contribution in [3.63, 3.8) is 0 Å². The molecule has 34 heavy (non-hydrogen) atoms. The van der Waals surface area contributed by atoms with Crippen LogP contribution >= 0.6 is 0 Å². The molecule has 10 heteroatoms. The maximum Gasteiger partial charge on any atom is 0.418 e. The average Bonchev–Trinajstić information content (AvgIpc) is 2.66. The Morgan fingerprint density at radius 2 is 1.74 bits per heavy atom. The van der Waals surface area contributed by atoms with Crippen molar-refractivity contribution in [2.45, 2.75) is 53.8 Å². The second-order valence-electron chi connectivity index (χ2n) is 11.1. The highest BCUT2D eigenvalue weighted by molar-refractivity contribution is 5.98. The van der Waals surface area contributed by atoms with Crippen LogP contribution in [0.15, 0.2) is 18.2 Å². The van der Waals surface area contributed by atoms with Gasteiger partial charge in [0.25, 0.3) is 5.91 Å². The van der Waals surface area contributed by atoms with E-state index < -0.39 is 29.6 Å². The molecule has 0 aromatic heterocycles. The summed E-state index contributed by atoms with van der Waals surface area (Å²) in [6.07, 6.45) is -4.72. The summed E-state index contributed by atoms with van der Waals surface area (Å²) in [5.74, 6) is -1.02. The molecule has 1 atom stereocenters. The van der Waals surface area contributed by atoms with Crippen LogP contribution in [0.5, 0.6) is 0 Å². The lowest BCUT2D eigenvalue weighted by atomic mass is 9.91. The molecule has 2 rings (SSSR count). The van der Waals surface area contributed by atoms with Crippen molar-refractivity contribution >= 4 is 23.2 Å². The molecule has 1 fully saturated rings. The maximum atomic E-state index is 13.9. The Balaban J connectivity index is 2.34. The quantitative estimate of drug-likeness (QED) is 0.613. The van der Waals surface area contributed by atoms with Crippen LogP contribution in [-0.2, 0) is 20.5 Å². The van der Waals surface area contributed by atoms with Crippen LogP contribution in [0.1, 0.15) is 47.1 Å². The molecule has 1 aliphatic heterocycles. The average molecular weight is 487 g/mol. The largest absolute Gasteiger partial charge is 0.418 e. The number of alkyl halides is 3. The van der Waals surface area contributed by atoms with Gasteiger partial charge in [0.05, 0.1) is 17.9 Å². The topological polar surface area (TPSA) is 87.9 Å². The minimum absolute atomic E-state index is 0.00768. The molecule has 2 amide bonds. The van der Waals surface area contributed by atoms with E-state index in [1.165, 1.54) is 12.1 Å². The Labute approximate surface area is 199 Å². The third kappa shape index (κ3) is 7.95. The first-order chi connectivity index (χ1) is 15.5. The van der Waals surface area contributed by atoms with Gasteiger partial charge < -0.3 is 20.7 Å². The first kappa shape index (κ1) is 28.1. The highest BCUT2D eigenvalue weighted by Crippen LogP contribution is 2.39. The predicted octanol–water partition coefficient (Wildman–Crippen LogP) is 3.73. The molecule has 1 aromatic rings. The smallest absolute Gasteiger partial charge is 0.370 e. The van der Waals surface area contributed by atoms with E-state index in [-0.39, 0.29) is 48.5 Å². The minimum atomic E-state index is -4.72. The van der Waals surface area contributed by atoms with E-state index in [1.54, 1.807) is 0 Å². The Hall–Kier alpha value is -2.17. The van der Waals surface area contributed by atoms with Crippen LogP contribution in [0.4, 0.5) is 24.5 Å². The standard InChI is InChI=1S/C24H37F3N4O3/c1-22(2,3)14-30(15-23(4,5)6)19(12-28)21(33)29-16-7-8-18(17(11-16)24(25,26)27)31-9-10-34-13-20(31)32/h7-8,11,19H,9-10,12-15,28H2,1-6H3,(H,29,33)/t19-/m0/s1. The molecular formula is C24H37F3N4O3. The second-order valence-corrected chi connectivity index (χ2v) is 11.1. The van der Waals surface area contributed by atoms with Crippen LogP contribution < -0.4 is 16.0 Å². The number of halogens is 3. The van der Waals surface area contributed by atoms with Crippen molar-refractivity contribution in [3.8, 4) is 0 Å². The fraction of sp³-hybridized carbons (Fsp3) is 0.667. The fourth-order valence-corrected chi connectivity index (χ4v) is 3.99. The summed E-state index contributed by atoms with van der Waals surface area (Å²) < 4.78 is 46.6. The summed E-state index contributed by atoms with van der Waals surface area (Å²) in [5.41, 5.74) is 4.48. The van der Waals surface area contributed by atoms with Crippen LogP contribution in [0.3, 0.4) is 0 Å². The molecule has 0 aliphatic carbocycles. The van der Waals surface area contributed by atoms with Crippen molar-refractivity contribution in [1.82, 2.24) is 4.90 Å². The zero-order chi connectivity index (χ0) is 25.9. The molecule has 0 spiro atoms. The monoisotopic (exact) mass is 486 g/mol. The molecule has 0 radical (unpaired) electrons. The highest BCUT2D eigenvalue weighted by Gasteiger charge is 2.38. The van der Waals surface area contributed by atoms with E-state index >= 15 is 0 Å². The molecule has 7 nitrogen and oxygen atoms in total. The minimum Gasteiger partial charge on any atom is -0.370 e. The van der Waals surface area contributed by atoms with Crippen molar-refractivity contribution in [2.75, 3.05) is 49.6 Å². The van der Waals surface area contributed by atoms with Gasteiger partial charge in [0, 0.05) is 31.9 Å². The number of hydrogen-bond donors (Lipinski definition) is 2. The zero-order valence-electron chi connectivity index (χ0n) is 20.9. The first-order valence-corrected chi connectivity index (χ1v) is 11.4. The molecule has 0 bridgehead atoms. The first-order valence-electron chi connectivity index (χ1n) is 11.4. The van der Waals surface area contributed by atoms with Gasteiger partial charge in [-0.25, -0.2) is 0 Å². The number of ether oxygens (including phenoxy) is 1. The van der Waals surface area contributed by atoms with Gasteiger partial charge in [-0.2, -0.15) is 13.2 Å². The Morgan fingerprint density at radius 3 is 2.21 bits per heavy atom. The second kappa shape index (κ2) is 10.6. The lowest BCUT2D eigenvalue weighted by Gasteiger charge is -2.38. The molecular weight excluding hydrogens is 449 g/mol. The van der Waals surface area contributed by atoms with Crippen LogP contribution in [0.25, 0.3) is 0 Å². The Morgan fingerprint density at radius 1 is 1.15 bits per heavy atom. The van der Waals surface area contributed by atoms with Gasteiger partial charge in [0.2, 0.25) is 5.91 Å². The Bertz CT molecular complexity index is 860. The van der Waals surface area contributed by atoms with E-state index in [2.05, 4.69) is 46.9 Å². The van der Waals surface area contributed by atoms with Crippen molar-refractivity contribution < 1.29 is 27.5 Å². The molecule has 0 unspecified atom stereocenters. The van der Waals surface area contributed by atoms with E-state index in [1.807, 2.05) is 4.90 Å². The van der Waals surface area contributed by atoms with Gasteiger partial charge >= 0.3 is 6.18 Å². The molecule has 192 valence electrons. The number of amides is 2. The summed E-state index contributed by atoms with van der Waals surface area (Å²) >= 11 is 0. The van der Waals surface area contributed by atoms with Gasteiger partial charge in [0.15, 0.2) is 0 Å². The number of morpholine rings is 1. The van der Waals surface area contributed by atoms with Gasteiger partial charge in [-0.05, 0) is 29.0 Å². The third-order valence-electron chi connectivity index (χ3n) is 5.17. The molecule has 1 aliphatic rings. The van der Waals surface area contributed by atoms with Crippen LogP contribution in [-0.4, -0.2) is 62.1 Å². The zero-order valence-corrected chi connectivity index (χ0v) is 20.9. The molecule has 0 saturated carbocycles. The maximum absolute atomic E-state index is 13.9. The molecule has 1 saturated heterocycles. The normalized spacial score (nSPS) is 16.7. The number of nitrogens with zero attached hydrogens (tertiary/aromatic N) is 2. The van der Waals surface area contributed by atoms with Crippen LogP contribution in [0.2, 0.25) is 0 Å². The van der Waals surface area contributed by atoms with Gasteiger partial charge in [-0.15, -0.1) is 0 Å². The number of nitrogens with one attached hydrogen (secondary N) is 1. The van der Waals surface area contributed by atoms with Crippen molar-refractivity contribution in [3.05, 3.63) is 23.8 Å². The van der Waals surface area contributed by atoms with Crippen LogP contribution in [0, 0.1) is 10.8 Å². The summed E-state index contributed by atoms with van der Waals surface area (Å²) in [6, 6.07) is 2.73. The number of carbonyl (C=O) groups is 2. The Kier molecular flexibility index (Phi) is 8.77. The number of rotatable bonds is 7. The number of hydrogen-bond acceptors (Lipinski definition) is 5. The van der Waals surface area contributed by atoms with E-state index in [0.717, 1.165) is 11.0 Å². The van der Waals surface area contributed by atoms with E-state index in [4.69, 9.17) is 10.5 Å². The fourth-order valence-electron chi connectivity index (χ4n) is 3.99. The summed E-state index contributed by atoms with van der Waals surface area (Å²) in [6.45, 7) is 13.4. The number of carbonyl (C=O) groups excluding carboxylic acids is 2. The van der Waals surface area contributed by atoms with Crippen molar-refractivity contribution in [1.29, 1.82) is 0 Å². The number of benzene rings is 1. The van der Waals surface area contributed by atoms with E-state index in [9.17, 15) is 22.8 Å². The SMILES string of the molecule is CC(C)(C)CN(CC(C)(C)C)[C@@H](CN)C(=O)Nc1ccc(N2CCOCC2=O)c(C(F)(F)F)c1. The molecule has 1 aromatic carbocycles. The van der Waals surface area contributed by atoms with Gasteiger partial charge in [-0.3, -0.25) is 14.5 Å². The van der Waals surface area contributed by atoms with Crippen molar-refractivity contribution in [2.24, 2.45) is 16.6 Å². The third-order valence-corrected chi connectivity index (χ3v) is 5.17. The summed E-state index contributed by atoms with van der Waals surface area (Å²) in [5, 5.41) is 2.61. The molecule has 3 N–H and O–H groups in total. The lowest BCUT2D eigenvalue weighted by Crippen LogP contribution is -2.53. The van der Waals surface area contributed by atoms with Gasteiger partial charge in [0.1, 0.15) is 12.6 Å². The number of nitrogens with two attached hydrogens (primary N) is 1. The highest BCUT2D eigenvalue weighted by atomic mass is 19.4. The molecule has 1 heterocycles.